The average molecular weight is 233 g/mol. The van der Waals surface area contributed by atoms with Crippen LogP contribution in [-0.2, 0) is 6.54 Å². The van der Waals surface area contributed by atoms with E-state index in [4.69, 9.17) is 5.73 Å². The number of aryl methyl sites for hydroxylation is 1. The van der Waals surface area contributed by atoms with E-state index in [2.05, 4.69) is 5.10 Å². The number of nitrogens with zero attached hydrogens (tertiary/aromatic N) is 2. The summed E-state index contributed by atoms with van der Waals surface area (Å²) in [5, 5.41) is 3.99. The van der Waals surface area contributed by atoms with E-state index < -0.39 is 5.82 Å². The number of hydrogen-bond donors (Lipinski definition) is 1. The maximum absolute atomic E-state index is 12.9. The zero-order valence-electron chi connectivity index (χ0n) is 9.35. The van der Waals surface area contributed by atoms with Crippen LogP contribution < -0.4 is 11.3 Å². The van der Waals surface area contributed by atoms with Crippen LogP contribution in [0.3, 0.4) is 0 Å². The Bertz CT molecular complexity index is 607. The van der Waals surface area contributed by atoms with Crippen molar-refractivity contribution in [2.24, 2.45) is 0 Å². The molecule has 2 N–H and O–H groups in total. The number of benzene rings is 1. The second kappa shape index (κ2) is 4.37. The van der Waals surface area contributed by atoms with Crippen molar-refractivity contribution in [2.75, 3.05) is 5.73 Å². The zero-order chi connectivity index (χ0) is 12.4. The van der Waals surface area contributed by atoms with Crippen molar-refractivity contribution >= 4 is 5.69 Å². The van der Waals surface area contributed by atoms with Gasteiger partial charge < -0.3 is 5.73 Å². The summed E-state index contributed by atoms with van der Waals surface area (Å²) >= 11 is 0. The largest absolute Gasteiger partial charge is 0.398 e. The molecule has 1 aromatic carbocycles. The topological polar surface area (TPSA) is 60.9 Å². The van der Waals surface area contributed by atoms with Crippen molar-refractivity contribution in [3.8, 4) is 0 Å². The molecular weight excluding hydrogens is 221 g/mol. The summed E-state index contributed by atoms with van der Waals surface area (Å²) in [5.41, 5.74) is 7.26. The van der Waals surface area contributed by atoms with Crippen LogP contribution in [0.25, 0.3) is 0 Å². The van der Waals surface area contributed by atoms with Gasteiger partial charge in [0.25, 0.3) is 5.56 Å². The van der Waals surface area contributed by atoms with Crippen LogP contribution in [0.5, 0.6) is 0 Å². The normalized spacial score (nSPS) is 10.5. The van der Waals surface area contributed by atoms with Crippen LogP contribution in [0, 0.1) is 12.7 Å². The summed E-state index contributed by atoms with van der Waals surface area (Å²) in [6, 6.07) is 5.59. The molecule has 2 rings (SSSR count). The molecule has 0 atom stereocenters. The lowest BCUT2D eigenvalue weighted by atomic mass is 10.2. The molecule has 5 heteroatoms. The number of halogens is 1. The molecule has 0 aliphatic rings. The summed E-state index contributed by atoms with van der Waals surface area (Å²) in [6.45, 7) is 2.04. The van der Waals surface area contributed by atoms with Gasteiger partial charge in [-0.2, -0.15) is 5.10 Å². The standard InChI is InChI=1S/C12H12FN3O/c1-8-4-12(17)16(15-6-8)7-9-2-3-10(13)5-11(9)14/h2-6H,7,14H2,1H3. The maximum Gasteiger partial charge on any atom is 0.267 e. The van der Waals surface area contributed by atoms with Crippen molar-refractivity contribution < 1.29 is 4.39 Å². The third-order valence-electron chi connectivity index (χ3n) is 2.43. The summed E-state index contributed by atoms with van der Waals surface area (Å²) in [4.78, 5) is 11.6. The monoisotopic (exact) mass is 233 g/mol. The molecule has 0 radical (unpaired) electrons. The lowest BCUT2D eigenvalue weighted by molar-refractivity contribution is 0.619. The van der Waals surface area contributed by atoms with Crippen LogP contribution in [0.15, 0.2) is 35.3 Å². The Morgan fingerprint density at radius 2 is 2.18 bits per heavy atom. The molecule has 88 valence electrons. The fraction of sp³-hybridized carbons (Fsp3) is 0.167. The quantitative estimate of drug-likeness (QED) is 0.796. The number of rotatable bonds is 2. The minimum atomic E-state index is -0.393. The predicted octanol–water partition coefficient (Wildman–Crippen LogP) is 1.32. The number of nitrogens with two attached hydrogens (primary N) is 1. The highest BCUT2D eigenvalue weighted by Crippen LogP contribution is 2.13. The second-order valence-electron chi connectivity index (χ2n) is 3.87. The van der Waals surface area contributed by atoms with E-state index in [1.54, 1.807) is 19.2 Å². The van der Waals surface area contributed by atoms with E-state index in [0.29, 0.717) is 11.3 Å². The van der Waals surface area contributed by atoms with Gasteiger partial charge in [-0.25, -0.2) is 9.07 Å². The lowest BCUT2D eigenvalue weighted by Gasteiger charge is -2.07. The van der Waals surface area contributed by atoms with Gasteiger partial charge in [0.1, 0.15) is 5.82 Å². The highest BCUT2D eigenvalue weighted by atomic mass is 19.1. The Hall–Kier alpha value is -2.17. The SMILES string of the molecule is Cc1cnn(Cc2ccc(F)cc2N)c(=O)c1. The first-order valence-electron chi connectivity index (χ1n) is 5.14. The molecule has 4 nitrogen and oxygen atoms in total. The van der Waals surface area contributed by atoms with Crippen molar-refractivity contribution in [1.82, 2.24) is 9.78 Å². The highest BCUT2D eigenvalue weighted by molar-refractivity contribution is 5.46. The number of aromatic nitrogens is 2. The average Bonchev–Trinajstić information content (AvgIpc) is 2.25. The Morgan fingerprint density at radius 1 is 1.41 bits per heavy atom. The smallest absolute Gasteiger partial charge is 0.267 e. The Balaban J connectivity index is 2.35. The van der Waals surface area contributed by atoms with Gasteiger partial charge in [-0.1, -0.05) is 6.07 Å². The zero-order valence-corrected chi connectivity index (χ0v) is 9.35. The Kier molecular flexibility index (Phi) is 2.91. The van der Waals surface area contributed by atoms with Crippen molar-refractivity contribution in [1.29, 1.82) is 0 Å². The van der Waals surface area contributed by atoms with Crippen LogP contribution in [-0.4, -0.2) is 9.78 Å². The predicted molar refractivity (Wildman–Crippen MR) is 63.1 cm³/mol. The maximum atomic E-state index is 12.9. The summed E-state index contributed by atoms with van der Waals surface area (Å²) < 4.78 is 14.1. The molecule has 0 amide bonds. The molecule has 0 aliphatic carbocycles. The van der Waals surface area contributed by atoms with Gasteiger partial charge in [-0.3, -0.25) is 4.79 Å². The fourth-order valence-electron chi connectivity index (χ4n) is 1.51. The van der Waals surface area contributed by atoms with Gasteiger partial charge in [0.2, 0.25) is 0 Å². The van der Waals surface area contributed by atoms with Crippen molar-refractivity contribution in [2.45, 2.75) is 13.5 Å². The number of nitrogen functional groups attached to an aromatic ring is 1. The molecule has 0 saturated heterocycles. The Labute approximate surface area is 97.5 Å². The van der Waals surface area contributed by atoms with Gasteiger partial charge in [-0.15, -0.1) is 0 Å². The fourth-order valence-corrected chi connectivity index (χ4v) is 1.51. The first kappa shape index (κ1) is 11.3. The molecule has 1 aromatic heterocycles. The summed E-state index contributed by atoms with van der Waals surface area (Å²) in [7, 11) is 0. The molecule has 0 spiro atoms. The van der Waals surface area contributed by atoms with Gasteiger partial charge in [0, 0.05) is 11.8 Å². The van der Waals surface area contributed by atoms with E-state index in [0.717, 1.165) is 5.56 Å². The Morgan fingerprint density at radius 3 is 2.82 bits per heavy atom. The second-order valence-corrected chi connectivity index (χ2v) is 3.87. The summed E-state index contributed by atoms with van der Waals surface area (Å²) in [5.74, 6) is -0.393. The molecule has 0 aliphatic heterocycles. The minimum Gasteiger partial charge on any atom is -0.398 e. The van der Waals surface area contributed by atoms with E-state index >= 15 is 0 Å². The summed E-state index contributed by atoms with van der Waals surface area (Å²) in [6.07, 6.45) is 1.60. The van der Waals surface area contributed by atoms with Crippen LogP contribution in [0.2, 0.25) is 0 Å². The van der Waals surface area contributed by atoms with E-state index in [9.17, 15) is 9.18 Å². The third kappa shape index (κ3) is 2.50. The number of hydrogen-bond acceptors (Lipinski definition) is 3. The van der Waals surface area contributed by atoms with E-state index in [1.807, 2.05) is 0 Å². The first-order valence-corrected chi connectivity index (χ1v) is 5.14. The van der Waals surface area contributed by atoms with Gasteiger partial charge in [0.05, 0.1) is 12.7 Å². The molecule has 0 bridgehead atoms. The highest BCUT2D eigenvalue weighted by Gasteiger charge is 2.04. The first-order chi connectivity index (χ1) is 8.06. The van der Waals surface area contributed by atoms with E-state index in [1.165, 1.54) is 22.9 Å². The molecule has 0 saturated carbocycles. The van der Waals surface area contributed by atoms with Crippen molar-refractivity contribution in [3.63, 3.8) is 0 Å². The molecule has 0 fully saturated rings. The van der Waals surface area contributed by atoms with Gasteiger partial charge in [-0.05, 0) is 30.2 Å². The van der Waals surface area contributed by atoms with Crippen LogP contribution in [0.1, 0.15) is 11.1 Å². The van der Waals surface area contributed by atoms with Crippen LogP contribution >= 0.6 is 0 Å². The third-order valence-corrected chi connectivity index (χ3v) is 2.43. The minimum absolute atomic E-state index is 0.200. The van der Waals surface area contributed by atoms with Gasteiger partial charge in [0.15, 0.2) is 0 Å². The molecule has 17 heavy (non-hydrogen) atoms. The van der Waals surface area contributed by atoms with Crippen molar-refractivity contribution in [3.05, 3.63) is 57.8 Å². The van der Waals surface area contributed by atoms with Gasteiger partial charge >= 0.3 is 0 Å². The molecular formula is C12H12FN3O. The van der Waals surface area contributed by atoms with E-state index in [-0.39, 0.29) is 12.1 Å². The number of anilines is 1. The lowest BCUT2D eigenvalue weighted by Crippen LogP contribution is -2.23. The molecule has 0 unspecified atom stereocenters. The molecule has 2 aromatic rings. The van der Waals surface area contributed by atoms with Crippen LogP contribution in [0.4, 0.5) is 10.1 Å². The molecule has 1 heterocycles.